The number of nitrogens with two attached hydrogens (primary N) is 1. The van der Waals surface area contributed by atoms with E-state index in [0.717, 1.165) is 11.3 Å². The van der Waals surface area contributed by atoms with Gasteiger partial charge in [-0.1, -0.05) is 17.7 Å². The molecule has 0 fully saturated rings. The molecular formula is C13H19ClN2O. The van der Waals surface area contributed by atoms with Crippen molar-refractivity contribution in [2.45, 2.75) is 39.2 Å². The zero-order valence-electron chi connectivity index (χ0n) is 10.5. The van der Waals surface area contributed by atoms with E-state index in [1.807, 2.05) is 32.9 Å². The van der Waals surface area contributed by atoms with Gasteiger partial charge in [-0.2, -0.15) is 0 Å². The van der Waals surface area contributed by atoms with Crippen LogP contribution in [0.5, 0.6) is 0 Å². The third-order valence-corrected chi connectivity index (χ3v) is 2.86. The lowest BCUT2D eigenvalue weighted by molar-refractivity contribution is -0.116. The highest BCUT2D eigenvalue weighted by Gasteiger charge is 2.13. The van der Waals surface area contributed by atoms with E-state index in [9.17, 15) is 4.79 Å². The summed E-state index contributed by atoms with van der Waals surface area (Å²) in [6, 6.07) is 5.47. The van der Waals surface area contributed by atoms with Gasteiger partial charge in [0.25, 0.3) is 0 Å². The van der Waals surface area contributed by atoms with Crippen molar-refractivity contribution >= 4 is 23.2 Å². The van der Waals surface area contributed by atoms with Gasteiger partial charge in [0, 0.05) is 22.7 Å². The van der Waals surface area contributed by atoms with Gasteiger partial charge in [-0.15, -0.1) is 0 Å². The Kier molecular flexibility index (Phi) is 4.54. The van der Waals surface area contributed by atoms with Crippen LogP contribution in [0.2, 0.25) is 5.02 Å². The predicted octanol–water partition coefficient (Wildman–Crippen LogP) is 3.10. The Hall–Kier alpha value is -1.06. The number of nitrogens with one attached hydrogen (secondary N) is 1. The lowest BCUT2D eigenvalue weighted by Crippen LogP contribution is -2.33. The molecule has 0 aliphatic carbocycles. The lowest BCUT2D eigenvalue weighted by atomic mass is 10.00. The van der Waals surface area contributed by atoms with E-state index < -0.39 is 0 Å². The van der Waals surface area contributed by atoms with Crippen molar-refractivity contribution in [2.24, 2.45) is 5.73 Å². The lowest BCUT2D eigenvalue weighted by Gasteiger charge is -2.17. The summed E-state index contributed by atoms with van der Waals surface area (Å²) < 4.78 is 0. The Balaban J connectivity index is 2.54. The van der Waals surface area contributed by atoms with Gasteiger partial charge in [-0.25, -0.2) is 0 Å². The van der Waals surface area contributed by atoms with Crippen molar-refractivity contribution in [3.05, 3.63) is 28.8 Å². The van der Waals surface area contributed by atoms with E-state index in [1.165, 1.54) is 0 Å². The minimum Gasteiger partial charge on any atom is -0.326 e. The number of carbonyl (C=O) groups excluding carboxylic acids is 1. The molecule has 0 heterocycles. The average molecular weight is 255 g/mol. The van der Waals surface area contributed by atoms with Gasteiger partial charge in [0.15, 0.2) is 0 Å². The van der Waals surface area contributed by atoms with E-state index in [2.05, 4.69) is 5.32 Å². The van der Waals surface area contributed by atoms with E-state index >= 15 is 0 Å². The predicted molar refractivity (Wildman–Crippen MR) is 72.3 cm³/mol. The van der Waals surface area contributed by atoms with Crippen molar-refractivity contribution in [2.75, 3.05) is 5.32 Å². The van der Waals surface area contributed by atoms with E-state index in [0.29, 0.717) is 17.9 Å². The number of aryl methyl sites for hydroxylation is 1. The quantitative estimate of drug-likeness (QED) is 0.868. The summed E-state index contributed by atoms with van der Waals surface area (Å²) in [5.74, 6) is -0.0385. The first-order valence-corrected chi connectivity index (χ1v) is 6.00. The number of hydrogen-bond donors (Lipinski definition) is 2. The standard InChI is InChI=1S/C13H19ClN2O/c1-9-4-5-10(8-11(9)14)16-12(17)6-7-13(2,3)15/h4-5,8H,6-7,15H2,1-3H3,(H,16,17). The largest absolute Gasteiger partial charge is 0.326 e. The number of anilines is 1. The first kappa shape index (κ1) is 14.0. The van der Waals surface area contributed by atoms with Crippen molar-refractivity contribution in [3.8, 4) is 0 Å². The topological polar surface area (TPSA) is 55.1 Å². The Morgan fingerprint density at radius 1 is 1.47 bits per heavy atom. The minimum absolute atomic E-state index is 0.0385. The van der Waals surface area contributed by atoms with Gasteiger partial charge in [-0.3, -0.25) is 4.79 Å². The van der Waals surface area contributed by atoms with Crippen molar-refractivity contribution in [1.82, 2.24) is 0 Å². The van der Waals surface area contributed by atoms with Crippen LogP contribution >= 0.6 is 11.6 Å². The molecule has 1 rings (SSSR count). The molecule has 0 bridgehead atoms. The normalized spacial score (nSPS) is 11.4. The summed E-state index contributed by atoms with van der Waals surface area (Å²) in [6.07, 6.45) is 1.06. The molecule has 0 unspecified atom stereocenters. The minimum atomic E-state index is -0.317. The van der Waals surface area contributed by atoms with Crippen LogP contribution in [-0.4, -0.2) is 11.4 Å². The molecule has 0 saturated carbocycles. The SMILES string of the molecule is Cc1ccc(NC(=O)CCC(C)(C)N)cc1Cl. The van der Waals surface area contributed by atoms with Crippen LogP contribution in [0.1, 0.15) is 32.3 Å². The maximum Gasteiger partial charge on any atom is 0.224 e. The number of amides is 1. The van der Waals surface area contributed by atoms with Crippen molar-refractivity contribution in [1.29, 1.82) is 0 Å². The van der Waals surface area contributed by atoms with Gasteiger partial charge in [-0.05, 0) is 44.9 Å². The summed E-state index contributed by atoms with van der Waals surface area (Å²) in [7, 11) is 0. The summed E-state index contributed by atoms with van der Waals surface area (Å²) in [4.78, 5) is 11.6. The van der Waals surface area contributed by atoms with Crippen LogP contribution in [0, 0.1) is 6.92 Å². The Bertz CT molecular complexity index is 410. The molecule has 0 aliphatic rings. The highest BCUT2D eigenvalue weighted by Crippen LogP contribution is 2.20. The molecule has 1 aromatic rings. The van der Waals surface area contributed by atoms with Crippen LogP contribution in [-0.2, 0) is 4.79 Å². The summed E-state index contributed by atoms with van der Waals surface area (Å²) in [5, 5.41) is 3.46. The number of carbonyl (C=O) groups is 1. The molecule has 0 saturated heterocycles. The third-order valence-electron chi connectivity index (χ3n) is 2.45. The monoisotopic (exact) mass is 254 g/mol. The fourth-order valence-electron chi connectivity index (χ4n) is 1.33. The van der Waals surface area contributed by atoms with Crippen molar-refractivity contribution < 1.29 is 4.79 Å². The molecule has 0 atom stereocenters. The highest BCUT2D eigenvalue weighted by molar-refractivity contribution is 6.31. The molecule has 0 radical (unpaired) electrons. The van der Waals surface area contributed by atoms with Crippen LogP contribution in [0.3, 0.4) is 0 Å². The van der Waals surface area contributed by atoms with E-state index in [-0.39, 0.29) is 11.4 Å². The molecule has 4 heteroatoms. The molecule has 3 nitrogen and oxygen atoms in total. The maximum atomic E-state index is 11.6. The third kappa shape index (κ3) is 5.20. The summed E-state index contributed by atoms with van der Waals surface area (Å²) >= 11 is 5.98. The average Bonchev–Trinajstić information content (AvgIpc) is 2.20. The number of halogens is 1. The molecule has 0 spiro atoms. The Morgan fingerprint density at radius 2 is 2.12 bits per heavy atom. The van der Waals surface area contributed by atoms with Crippen molar-refractivity contribution in [3.63, 3.8) is 0 Å². The van der Waals surface area contributed by atoms with Gasteiger partial charge in [0.1, 0.15) is 0 Å². The first-order valence-electron chi connectivity index (χ1n) is 5.63. The highest BCUT2D eigenvalue weighted by atomic mass is 35.5. The fourth-order valence-corrected chi connectivity index (χ4v) is 1.51. The van der Waals surface area contributed by atoms with Gasteiger partial charge < -0.3 is 11.1 Å². The van der Waals surface area contributed by atoms with Crippen LogP contribution in [0.25, 0.3) is 0 Å². The zero-order chi connectivity index (χ0) is 13.1. The molecule has 1 aromatic carbocycles. The van der Waals surface area contributed by atoms with Crippen LogP contribution in [0.4, 0.5) is 5.69 Å². The second kappa shape index (κ2) is 5.52. The fraction of sp³-hybridized carbons (Fsp3) is 0.462. The maximum absolute atomic E-state index is 11.6. The second-order valence-corrected chi connectivity index (χ2v) is 5.41. The molecular weight excluding hydrogens is 236 g/mol. The zero-order valence-corrected chi connectivity index (χ0v) is 11.3. The molecule has 0 aromatic heterocycles. The summed E-state index contributed by atoms with van der Waals surface area (Å²) in [6.45, 7) is 5.73. The number of rotatable bonds is 4. The molecule has 94 valence electrons. The second-order valence-electron chi connectivity index (χ2n) is 5.00. The Labute approximate surface area is 107 Å². The molecule has 3 N–H and O–H groups in total. The molecule has 0 aliphatic heterocycles. The molecule has 1 amide bonds. The molecule has 17 heavy (non-hydrogen) atoms. The smallest absolute Gasteiger partial charge is 0.224 e. The van der Waals surface area contributed by atoms with Gasteiger partial charge >= 0.3 is 0 Å². The number of benzene rings is 1. The van der Waals surface area contributed by atoms with Crippen LogP contribution < -0.4 is 11.1 Å². The summed E-state index contributed by atoms with van der Waals surface area (Å²) in [5.41, 5.74) is 7.22. The van der Waals surface area contributed by atoms with Gasteiger partial charge in [0.05, 0.1) is 0 Å². The Morgan fingerprint density at radius 3 is 2.65 bits per heavy atom. The van der Waals surface area contributed by atoms with Gasteiger partial charge in [0.2, 0.25) is 5.91 Å². The first-order chi connectivity index (χ1) is 7.78. The van der Waals surface area contributed by atoms with E-state index in [1.54, 1.807) is 6.07 Å². The van der Waals surface area contributed by atoms with Crippen LogP contribution in [0.15, 0.2) is 18.2 Å². The van der Waals surface area contributed by atoms with E-state index in [4.69, 9.17) is 17.3 Å². The number of hydrogen-bond acceptors (Lipinski definition) is 2.